The van der Waals surface area contributed by atoms with E-state index in [2.05, 4.69) is 45.7 Å². The number of nitrogen functional groups attached to an aromatic ring is 1. The number of halogens is 2. The van der Waals surface area contributed by atoms with Gasteiger partial charge >= 0.3 is 0 Å². The number of aromatic nitrogens is 1. The number of ketones is 1. The number of nitrogens with zero attached hydrogens (tertiary/aromatic N) is 3. The Morgan fingerprint density at radius 1 is 1.11 bits per heavy atom. The number of anilines is 4. The van der Waals surface area contributed by atoms with E-state index in [9.17, 15) is 13.6 Å². The number of carbonyl (C=O) groups excluding carboxylic acids is 1. The molecule has 1 fully saturated rings. The molecular formula is C25H31F2N5O2S. The Bertz CT molecular complexity index is 1120. The van der Waals surface area contributed by atoms with Crippen LogP contribution in [0.15, 0.2) is 36.4 Å². The maximum absolute atomic E-state index is 14.0. The van der Waals surface area contributed by atoms with E-state index in [-0.39, 0.29) is 16.3 Å². The Morgan fingerprint density at radius 3 is 2.23 bits per heavy atom. The fraction of sp³-hybridized carbons (Fsp3) is 0.360. The van der Waals surface area contributed by atoms with Crippen molar-refractivity contribution in [3.05, 3.63) is 58.5 Å². The van der Waals surface area contributed by atoms with Gasteiger partial charge in [-0.1, -0.05) is 31.6 Å². The first-order valence-corrected chi connectivity index (χ1v) is 12.2. The average molecular weight is 504 g/mol. The predicted molar refractivity (Wildman–Crippen MR) is 138 cm³/mol. The number of thiazole rings is 1. The Kier molecular flexibility index (Phi) is 9.00. The van der Waals surface area contributed by atoms with Crippen LogP contribution in [0.4, 0.5) is 31.1 Å². The van der Waals surface area contributed by atoms with Gasteiger partial charge in [-0.2, -0.15) is 0 Å². The molecule has 188 valence electrons. The molecule has 7 nitrogen and oxygen atoms in total. The lowest BCUT2D eigenvalue weighted by Gasteiger charge is -2.34. The van der Waals surface area contributed by atoms with Crippen LogP contribution in [0.5, 0.6) is 5.75 Å². The van der Waals surface area contributed by atoms with E-state index in [0.29, 0.717) is 5.13 Å². The number of piperazine rings is 1. The number of hydrogen-bond donors (Lipinski definition) is 2. The second-order valence-corrected chi connectivity index (χ2v) is 9.20. The van der Waals surface area contributed by atoms with Crippen molar-refractivity contribution < 1.29 is 18.3 Å². The fourth-order valence-corrected chi connectivity index (χ4v) is 4.38. The summed E-state index contributed by atoms with van der Waals surface area (Å²) in [5.74, 6) is -3.08. The maximum Gasteiger partial charge on any atom is 0.207 e. The van der Waals surface area contributed by atoms with E-state index in [1.807, 2.05) is 24.3 Å². The number of likely N-dealkylation sites (N-methyl/N-ethyl adjacent to an activating group) is 1. The molecule has 0 bridgehead atoms. The first-order chi connectivity index (χ1) is 16.8. The molecule has 0 radical (unpaired) electrons. The van der Waals surface area contributed by atoms with Gasteiger partial charge in [0.15, 0.2) is 22.5 Å². The summed E-state index contributed by atoms with van der Waals surface area (Å²) < 4.78 is 32.6. The summed E-state index contributed by atoms with van der Waals surface area (Å²) in [5, 5.41) is 3.54. The van der Waals surface area contributed by atoms with Crippen LogP contribution in [0.25, 0.3) is 0 Å². The van der Waals surface area contributed by atoms with Gasteiger partial charge in [0, 0.05) is 43.1 Å². The zero-order valence-corrected chi connectivity index (χ0v) is 21.2. The lowest BCUT2D eigenvalue weighted by molar-refractivity contribution is 0.104. The van der Waals surface area contributed by atoms with Crippen LogP contribution in [0, 0.1) is 11.6 Å². The van der Waals surface area contributed by atoms with Gasteiger partial charge in [-0.15, -0.1) is 0 Å². The molecule has 0 atom stereocenters. The zero-order valence-electron chi connectivity index (χ0n) is 20.4. The number of nitrogens with one attached hydrogen (secondary N) is 1. The SMILES string of the molecule is CCC.COc1c(F)cc(C(=O)c2sc(Nc3ccc(N4CCN(C)CC4)cc3)nc2N)cc1F. The van der Waals surface area contributed by atoms with Crippen LogP contribution in [-0.2, 0) is 0 Å². The number of ether oxygens (including phenoxy) is 1. The van der Waals surface area contributed by atoms with Gasteiger partial charge in [-0.3, -0.25) is 4.79 Å². The molecule has 1 aliphatic rings. The third kappa shape index (κ3) is 6.46. The molecule has 0 amide bonds. The monoisotopic (exact) mass is 503 g/mol. The summed E-state index contributed by atoms with van der Waals surface area (Å²) >= 11 is 1.02. The van der Waals surface area contributed by atoms with Gasteiger partial charge in [0.25, 0.3) is 0 Å². The highest BCUT2D eigenvalue weighted by Gasteiger charge is 2.22. The number of hydrogen-bond acceptors (Lipinski definition) is 8. The largest absolute Gasteiger partial charge is 0.491 e. The molecule has 10 heteroatoms. The number of methoxy groups -OCH3 is 1. The summed E-state index contributed by atoms with van der Waals surface area (Å²) in [6, 6.07) is 9.77. The molecule has 3 N–H and O–H groups in total. The van der Waals surface area contributed by atoms with Crippen LogP contribution >= 0.6 is 11.3 Å². The first kappa shape index (κ1) is 26.4. The highest BCUT2D eigenvalue weighted by molar-refractivity contribution is 7.18. The molecule has 2 heterocycles. The molecule has 0 saturated carbocycles. The van der Waals surface area contributed by atoms with Gasteiger partial charge in [0.2, 0.25) is 5.78 Å². The standard InChI is InChI=1S/C22H23F2N5O2S.C3H8/c1-28-7-9-29(10-8-28)15-5-3-14(4-6-15)26-22-27-21(25)20(32-22)18(30)13-11-16(23)19(31-2)17(24)12-13;1-3-2/h3-6,11-12H,7-10,25H2,1-2H3,(H,26,27);3H2,1-2H3. The van der Waals surface area contributed by atoms with Crippen molar-refractivity contribution in [1.29, 1.82) is 0 Å². The quantitative estimate of drug-likeness (QED) is 0.450. The minimum absolute atomic E-state index is 0.00630. The van der Waals surface area contributed by atoms with E-state index < -0.39 is 23.2 Å². The highest BCUT2D eigenvalue weighted by Crippen LogP contribution is 2.32. The van der Waals surface area contributed by atoms with Crippen LogP contribution in [0.3, 0.4) is 0 Å². The Hall–Kier alpha value is -3.24. The second kappa shape index (κ2) is 11.9. The van der Waals surface area contributed by atoms with E-state index in [1.54, 1.807) is 0 Å². The average Bonchev–Trinajstić information content (AvgIpc) is 3.19. The van der Waals surface area contributed by atoms with Crippen molar-refractivity contribution in [2.45, 2.75) is 20.3 Å². The molecule has 1 aliphatic heterocycles. The summed E-state index contributed by atoms with van der Waals surface area (Å²) in [6.07, 6.45) is 1.25. The Labute approximate surface area is 208 Å². The minimum Gasteiger partial charge on any atom is -0.491 e. The van der Waals surface area contributed by atoms with Gasteiger partial charge in [0.1, 0.15) is 10.7 Å². The Morgan fingerprint density at radius 2 is 1.69 bits per heavy atom. The van der Waals surface area contributed by atoms with Crippen LogP contribution in [0.1, 0.15) is 35.5 Å². The van der Waals surface area contributed by atoms with E-state index in [0.717, 1.165) is 68.1 Å². The second-order valence-electron chi connectivity index (χ2n) is 8.20. The molecular weight excluding hydrogens is 472 g/mol. The van der Waals surface area contributed by atoms with Crippen molar-refractivity contribution in [3.8, 4) is 5.75 Å². The van der Waals surface area contributed by atoms with Crippen molar-refractivity contribution in [3.63, 3.8) is 0 Å². The normalized spacial score (nSPS) is 13.7. The third-order valence-corrected chi connectivity index (χ3v) is 6.30. The maximum atomic E-state index is 14.0. The van der Waals surface area contributed by atoms with Crippen LogP contribution < -0.4 is 20.7 Å². The molecule has 0 aliphatic carbocycles. The molecule has 1 aromatic heterocycles. The molecule has 2 aromatic carbocycles. The van der Waals surface area contributed by atoms with Crippen molar-refractivity contribution in [2.24, 2.45) is 0 Å². The molecule has 4 rings (SSSR count). The van der Waals surface area contributed by atoms with Crippen molar-refractivity contribution in [2.75, 3.05) is 56.3 Å². The van der Waals surface area contributed by atoms with Gasteiger partial charge in [0.05, 0.1) is 7.11 Å². The third-order valence-electron chi connectivity index (χ3n) is 5.31. The molecule has 0 unspecified atom stereocenters. The van der Waals surface area contributed by atoms with Gasteiger partial charge < -0.3 is 25.6 Å². The first-order valence-electron chi connectivity index (χ1n) is 11.4. The minimum atomic E-state index is -0.960. The zero-order chi connectivity index (χ0) is 25.5. The lowest BCUT2D eigenvalue weighted by Crippen LogP contribution is -2.44. The number of rotatable bonds is 6. The Balaban J connectivity index is 0.00000108. The summed E-state index contributed by atoms with van der Waals surface area (Å²) in [5.41, 5.74) is 7.68. The molecule has 35 heavy (non-hydrogen) atoms. The number of benzene rings is 2. The van der Waals surface area contributed by atoms with Gasteiger partial charge in [-0.25, -0.2) is 13.8 Å². The van der Waals surface area contributed by atoms with Crippen LogP contribution in [-0.4, -0.2) is 56.0 Å². The fourth-order valence-electron chi connectivity index (χ4n) is 3.51. The highest BCUT2D eigenvalue weighted by atomic mass is 32.1. The molecule has 3 aromatic rings. The number of carbonyl (C=O) groups is 1. The van der Waals surface area contributed by atoms with Crippen molar-refractivity contribution >= 4 is 39.4 Å². The van der Waals surface area contributed by atoms with E-state index in [1.165, 1.54) is 6.42 Å². The topological polar surface area (TPSA) is 83.7 Å². The predicted octanol–water partition coefficient (Wildman–Crippen LogP) is 5.15. The lowest BCUT2D eigenvalue weighted by atomic mass is 10.1. The van der Waals surface area contributed by atoms with E-state index in [4.69, 9.17) is 5.73 Å². The molecule has 0 spiro atoms. The smallest absolute Gasteiger partial charge is 0.207 e. The summed E-state index contributed by atoms with van der Waals surface area (Å²) in [6.45, 7) is 8.25. The van der Waals surface area contributed by atoms with E-state index >= 15 is 0 Å². The van der Waals surface area contributed by atoms with Gasteiger partial charge in [-0.05, 0) is 43.4 Å². The van der Waals surface area contributed by atoms with Crippen LogP contribution in [0.2, 0.25) is 0 Å². The summed E-state index contributed by atoms with van der Waals surface area (Å²) in [4.78, 5) is 21.7. The van der Waals surface area contributed by atoms with Crippen molar-refractivity contribution in [1.82, 2.24) is 9.88 Å². The summed E-state index contributed by atoms with van der Waals surface area (Å²) in [7, 11) is 3.27. The number of nitrogens with two attached hydrogens (primary N) is 1. The molecule has 1 saturated heterocycles.